The predicted molar refractivity (Wildman–Crippen MR) is 112 cm³/mol. The lowest BCUT2D eigenvalue weighted by Crippen LogP contribution is -2.37. The third kappa shape index (κ3) is 3.31. The highest BCUT2D eigenvalue weighted by molar-refractivity contribution is 5.88. The second-order valence-corrected chi connectivity index (χ2v) is 8.16. The number of hydrogen-bond acceptors (Lipinski definition) is 3. The van der Waals surface area contributed by atoms with E-state index in [1.54, 1.807) is 0 Å². The van der Waals surface area contributed by atoms with E-state index in [-0.39, 0.29) is 11.1 Å². The lowest BCUT2D eigenvalue weighted by Gasteiger charge is -2.26. The van der Waals surface area contributed by atoms with Crippen molar-refractivity contribution in [2.45, 2.75) is 44.6 Å². The second kappa shape index (κ2) is 7.40. The number of fused-ring (bicyclic) bond motifs is 1. The lowest BCUT2D eigenvalue weighted by atomic mass is 9.76. The molecule has 6 nitrogen and oxygen atoms in total. The molecule has 150 valence electrons. The average molecular weight is 391 g/mol. The Balaban J connectivity index is 1.63. The minimum absolute atomic E-state index is 0.230. The summed E-state index contributed by atoms with van der Waals surface area (Å²) in [7, 11) is 0. The molecule has 2 atom stereocenters. The number of anilines is 1. The number of carboxylic acid groups (broad SMARTS) is 1. The Morgan fingerprint density at radius 2 is 2.10 bits per heavy atom. The van der Waals surface area contributed by atoms with Gasteiger partial charge in [0, 0.05) is 18.7 Å². The van der Waals surface area contributed by atoms with Crippen molar-refractivity contribution in [1.29, 1.82) is 0 Å². The van der Waals surface area contributed by atoms with Gasteiger partial charge in [0.25, 0.3) is 11.1 Å². The largest absolute Gasteiger partial charge is 0.477 e. The summed E-state index contributed by atoms with van der Waals surface area (Å²) < 4.78 is 0. The number of aromatic amines is 1. The van der Waals surface area contributed by atoms with E-state index in [1.807, 2.05) is 31.2 Å². The van der Waals surface area contributed by atoms with Gasteiger partial charge in [0.05, 0.1) is 18.2 Å². The molecule has 0 bridgehead atoms. The van der Waals surface area contributed by atoms with E-state index in [4.69, 9.17) is 6.57 Å². The highest BCUT2D eigenvalue weighted by Crippen LogP contribution is 2.44. The van der Waals surface area contributed by atoms with Crippen molar-refractivity contribution in [3.8, 4) is 11.3 Å². The van der Waals surface area contributed by atoms with E-state index in [0.29, 0.717) is 18.0 Å². The molecule has 1 aliphatic heterocycles. The number of aromatic carboxylic acids is 1. The van der Waals surface area contributed by atoms with Crippen LogP contribution in [-0.2, 0) is 6.42 Å². The van der Waals surface area contributed by atoms with Gasteiger partial charge in [-0.25, -0.2) is 11.4 Å². The van der Waals surface area contributed by atoms with Gasteiger partial charge < -0.3 is 19.8 Å². The van der Waals surface area contributed by atoms with E-state index in [2.05, 4.69) is 14.7 Å². The van der Waals surface area contributed by atoms with Crippen LogP contribution < -0.4 is 10.5 Å². The van der Waals surface area contributed by atoms with Gasteiger partial charge in [0.15, 0.2) is 0 Å². The number of carboxylic acids is 1. The third-order valence-corrected chi connectivity index (χ3v) is 6.56. The molecule has 2 N–H and O–H groups in total. The van der Waals surface area contributed by atoms with Crippen LogP contribution in [0.2, 0.25) is 0 Å². The molecule has 2 aromatic rings. The van der Waals surface area contributed by atoms with Crippen LogP contribution in [0.5, 0.6) is 0 Å². The number of pyridine rings is 1. The first-order valence-corrected chi connectivity index (χ1v) is 10.2. The summed E-state index contributed by atoms with van der Waals surface area (Å²) in [6, 6.07) is 9.47. The molecule has 0 radical (unpaired) electrons. The van der Waals surface area contributed by atoms with Crippen molar-refractivity contribution >= 4 is 11.7 Å². The smallest absolute Gasteiger partial charge is 0.341 e. The zero-order valence-corrected chi connectivity index (χ0v) is 16.6. The predicted octanol–water partition coefficient (Wildman–Crippen LogP) is 3.97. The van der Waals surface area contributed by atoms with Crippen molar-refractivity contribution in [2.24, 2.45) is 5.92 Å². The highest BCUT2D eigenvalue weighted by Gasteiger charge is 2.53. The summed E-state index contributed by atoms with van der Waals surface area (Å²) in [4.78, 5) is 32.5. The molecule has 29 heavy (non-hydrogen) atoms. The van der Waals surface area contributed by atoms with E-state index in [1.165, 1.54) is 12.5 Å². The summed E-state index contributed by atoms with van der Waals surface area (Å²) in [5.41, 5.74) is 2.37. The number of benzene rings is 1. The standard InChI is InChI=1S/C23H25N3O3/c1-3-15-12-19(22(28)29)21(27)25-20(15)16-7-9-18(10-8-16)26-13-17-6-4-5-11-23(17,14-26)24-2/h7-10,12,17H,3-6,11,13-14H2,1H3,(H,25,27)(H,28,29)/t17-,23-/m0/s1. The Hall–Kier alpha value is -3.07. The van der Waals surface area contributed by atoms with Gasteiger partial charge in [-0.2, -0.15) is 0 Å². The fourth-order valence-electron chi connectivity index (χ4n) is 4.91. The molecule has 2 aliphatic rings. The molecule has 2 heterocycles. The third-order valence-electron chi connectivity index (χ3n) is 6.56. The summed E-state index contributed by atoms with van der Waals surface area (Å²) in [5.74, 6) is -0.771. The van der Waals surface area contributed by atoms with Crippen molar-refractivity contribution in [2.75, 3.05) is 18.0 Å². The zero-order valence-electron chi connectivity index (χ0n) is 16.6. The van der Waals surface area contributed by atoms with Gasteiger partial charge in [-0.3, -0.25) is 4.79 Å². The number of nitrogens with zero attached hydrogens (tertiary/aromatic N) is 2. The molecular formula is C23H25N3O3. The quantitative estimate of drug-likeness (QED) is 0.773. The number of carbonyl (C=O) groups is 1. The van der Waals surface area contributed by atoms with Crippen LogP contribution >= 0.6 is 0 Å². The van der Waals surface area contributed by atoms with Gasteiger partial charge in [0.1, 0.15) is 5.56 Å². The second-order valence-electron chi connectivity index (χ2n) is 8.16. The number of rotatable bonds is 4. The SMILES string of the molecule is [C-]#[N+][C@]12CCCC[C@H]1CN(c1ccc(-c3[nH]c(=O)c(C(=O)O)cc3CC)cc1)C2. The topological polar surface area (TPSA) is 77.8 Å². The number of H-pyrrole nitrogens is 1. The molecule has 1 aliphatic carbocycles. The van der Waals surface area contributed by atoms with Crippen molar-refractivity contribution in [3.63, 3.8) is 0 Å². The molecule has 1 saturated carbocycles. The van der Waals surface area contributed by atoms with Crippen molar-refractivity contribution < 1.29 is 9.90 Å². The molecule has 6 heteroatoms. The van der Waals surface area contributed by atoms with E-state index < -0.39 is 11.5 Å². The van der Waals surface area contributed by atoms with Crippen LogP contribution in [0.1, 0.15) is 48.5 Å². The first-order chi connectivity index (χ1) is 14.0. The zero-order chi connectivity index (χ0) is 20.6. The highest BCUT2D eigenvalue weighted by atomic mass is 16.4. The summed E-state index contributed by atoms with van der Waals surface area (Å²) >= 11 is 0. The van der Waals surface area contributed by atoms with Gasteiger partial charge in [0.2, 0.25) is 0 Å². The fourth-order valence-corrected chi connectivity index (χ4v) is 4.91. The Bertz CT molecular complexity index is 1030. The first-order valence-electron chi connectivity index (χ1n) is 10.2. The maximum Gasteiger partial charge on any atom is 0.341 e. The van der Waals surface area contributed by atoms with Gasteiger partial charge >= 0.3 is 5.97 Å². The molecular weight excluding hydrogens is 366 g/mol. The van der Waals surface area contributed by atoms with Gasteiger partial charge in [-0.1, -0.05) is 25.5 Å². The molecule has 0 amide bonds. The Morgan fingerprint density at radius 1 is 1.34 bits per heavy atom. The number of aryl methyl sites for hydroxylation is 1. The van der Waals surface area contributed by atoms with E-state index in [0.717, 1.165) is 49.2 Å². The Kier molecular flexibility index (Phi) is 4.91. The van der Waals surface area contributed by atoms with Crippen LogP contribution in [0.3, 0.4) is 0 Å². The Morgan fingerprint density at radius 3 is 2.72 bits per heavy atom. The summed E-state index contributed by atoms with van der Waals surface area (Å²) in [6.45, 7) is 11.4. The molecule has 2 fully saturated rings. The first kappa shape index (κ1) is 19.3. The van der Waals surface area contributed by atoms with Crippen LogP contribution in [0.15, 0.2) is 35.1 Å². The van der Waals surface area contributed by atoms with Crippen LogP contribution in [-0.4, -0.2) is 34.7 Å². The van der Waals surface area contributed by atoms with E-state index >= 15 is 0 Å². The monoisotopic (exact) mass is 391 g/mol. The minimum Gasteiger partial charge on any atom is -0.477 e. The molecule has 0 unspecified atom stereocenters. The fraction of sp³-hybridized carbons (Fsp3) is 0.435. The number of nitrogens with one attached hydrogen (secondary N) is 1. The van der Waals surface area contributed by atoms with Crippen LogP contribution in [0.25, 0.3) is 16.1 Å². The maximum absolute atomic E-state index is 12.1. The molecule has 1 aromatic carbocycles. The molecule has 1 saturated heterocycles. The van der Waals surface area contributed by atoms with Gasteiger partial charge in [-0.05, 0) is 48.6 Å². The number of hydrogen-bond donors (Lipinski definition) is 2. The van der Waals surface area contributed by atoms with E-state index in [9.17, 15) is 14.7 Å². The van der Waals surface area contributed by atoms with Crippen LogP contribution in [0.4, 0.5) is 5.69 Å². The number of aromatic nitrogens is 1. The summed E-state index contributed by atoms with van der Waals surface area (Å²) in [6.07, 6.45) is 5.11. The average Bonchev–Trinajstić information content (AvgIpc) is 3.13. The lowest BCUT2D eigenvalue weighted by molar-refractivity contribution is 0.0695. The normalized spacial score (nSPS) is 23.4. The molecule has 0 spiro atoms. The maximum atomic E-state index is 12.1. The minimum atomic E-state index is -1.22. The van der Waals surface area contributed by atoms with Crippen molar-refractivity contribution in [3.05, 3.63) is 63.2 Å². The Labute approximate surface area is 170 Å². The van der Waals surface area contributed by atoms with Gasteiger partial charge in [-0.15, -0.1) is 0 Å². The molecule has 4 rings (SSSR count). The van der Waals surface area contributed by atoms with Crippen LogP contribution in [0, 0.1) is 12.5 Å². The molecule has 1 aromatic heterocycles. The van der Waals surface area contributed by atoms with Crippen molar-refractivity contribution in [1.82, 2.24) is 4.98 Å². The summed E-state index contributed by atoms with van der Waals surface area (Å²) in [5, 5.41) is 9.19.